The highest BCUT2D eigenvalue weighted by molar-refractivity contribution is 5.96. The van der Waals surface area contributed by atoms with Gasteiger partial charge in [0.25, 0.3) is 0 Å². The van der Waals surface area contributed by atoms with Gasteiger partial charge in [0.05, 0.1) is 11.5 Å². The number of amides is 1. The van der Waals surface area contributed by atoms with Gasteiger partial charge in [-0.3, -0.25) is 4.79 Å². The molecule has 0 heterocycles. The summed E-state index contributed by atoms with van der Waals surface area (Å²) in [5.74, 6) is -1.42. The number of rotatable bonds is 7. The van der Waals surface area contributed by atoms with Crippen molar-refractivity contribution >= 4 is 17.6 Å². The Kier molecular flexibility index (Phi) is 6.65. The van der Waals surface area contributed by atoms with E-state index in [-0.39, 0.29) is 17.4 Å². The third-order valence-corrected chi connectivity index (χ3v) is 5.79. The number of nitrogens with one attached hydrogen (secondary N) is 1. The van der Waals surface area contributed by atoms with Gasteiger partial charge in [0, 0.05) is 12.1 Å². The first kappa shape index (κ1) is 22.0. The summed E-state index contributed by atoms with van der Waals surface area (Å²) in [5, 5.41) is 12.5. The first-order valence-electron chi connectivity index (χ1n) is 10.9. The average molecular weight is 436 g/mol. The van der Waals surface area contributed by atoms with Crippen LogP contribution in [-0.2, 0) is 11.2 Å². The molecule has 0 bridgehead atoms. The van der Waals surface area contributed by atoms with Gasteiger partial charge < -0.3 is 10.4 Å². The van der Waals surface area contributed by atoms with Crippen molar-refractivity contribution in [1.82, 2.24) is 0 Å². The van der Waals surface area contributed by atoms with Gasteiger partial charge in [-0.2, -0.15) is 0 Å². The van der Waals surface area contributed by atoms with Crippen LogP contribution in [0.4, 0.5) is 5.69 Å². The number of carboxylic acids is 1. The Bertz CT molecular complexity index is 1280. The normalized spacial score (nSPS) is 11.5. The molecule has 0 radical (unpaired) electrons. The maximum atomic E-state index is 13.1. The second kappa shape index (κ2) is 9.96. The number of para-hydroxylation sites is 1. The number of carbonyl (C=O) groups excluding carboxylic acids is 1. The van der Waals surface area contributed by atoms with E-state index in [0.29, 0.717) is 17.7 Å². The molecule has 0 fully saturated rings. The maximum Gasteiger partial charge on any atom is 0.335 e. The van der Waals surface area contributed by atoms with Crippen molar-refractivity contribution in [2.45, 2.75) is 19.3 Å². The SMILES string of the molecule is CC(C(=O)Nc1ccccc1Cc1ccccc1C(=O)O)c1cccc(-c2ccccc2)c1. The molecule has 0 aliphatic carbocycles. The Hall–Kier alpha value is -4.18. The van der Waals surface area contributed by atoms with Crippen LogP contribution in [0, 0.1) is 0 Å². The van der Waals surface area contributed by atoms with Gasteiger partial charge in [-0.25, -0.2) is 4.79 Å². The van der Waals surface area contributed by atoms with Crippen LogP contribution in [0.5, 0.6) is 0 Å². The third kappa shape index (κ3) is 5.18. The molecule has 0 aliphatic rings. The van der Waals surface area contributed by atoms with E-state index in [2.05, 4.69) is 23.5 Å². The highest BCUT2D eigenvalue weighted by Gasteiger charge is 2.18. The number of aromatic carboxylic acids is 1. The van der Waals surface area contributed by atoms with Gasteiger partial charge in [0.1, 0.15) is 0 Å². The summed E-state index contributed by atoms with van der Waals surface area (Å²) < 4.78 is 0. The zero-order valence-corrected chi connectivity index (χ0v) is 18.4. The summed E-state index contributed by atoms with van der Waals surface area (Å²) in [4.78, 5) is 24.7. The fourth-order valence-corrected chi connectivity index (χ4v) is 3.90. The molecule has 4 aromatic rings. The number of anilines is 1. The van der Waals surface area contributed by atoms with Gasteiger partial charge in [-0.15, -0.1) is 0 Å². The number of hydrogen-bond acceptors (Lipinski definition) is 2. The van der Waals surface area contributed by atoms with Gasteiger partial charge in [-0.05, 0) is 46.9 Å². The molecule has 1 amide bonds. The highest BCUT2D eigenvalue weighted by atomic mass is 16.4. The highest BCUT2D eigenvalue weighted by Crippen LogP contribution is 2.27. The number of carbonyl (C=O) groups is 2. The summed E-state index contributed by atoms with van der Waals surface area (Å²) in [5.41, 5.74) is 5.63. The van der Waals surface area contributed by atoms with Gasteiger partial charge in [0.15, 0.2) is 0 Å². The molecule has 4 nitrogen and oxygen atoms in total. The maximum absolute atomic E-state index is 13.1. The first-order chi connectivity index (χ1) is 16.0. The molecule has 4 aromatic carbocycles. The molecule has 1 atom stereocenters. The van der Waals surface area contributed by atoms with Gasteiger partial charge in [0.2, 0.25) is 5.91 Å². The van der Waals surface area contributed by atoms with Crippen LogP contribution in [0.2, 0.25) is 0 Å². The summed E-state index contributed by atoms with van der Waals surface area (Å²) in [6.07, 6.45) is 0.413. The molecule has 0 saturated heterocycles. The molecular formula is C29H25NO3. The van der Waals surface area contributed by atoms with Crippen molar-refractivity contribution in [3.63, 3.8) is 0 Å². The molecule has 4 heteroatoms. The standard InChI is InChI=1S/C29H25NO3/c1-20(22-14-9-15-23(18-22)21-10-3-2-4-11-21)28(31)30-27-17-8-6-13-25(27)19-24-12-5-7-16-26(24)29(32)33/h2-18,20H,19H2,1H3,(H,30,31)(H,32,33). The summed E-state index contributed by atoms with van der Waals surface area (Å²) in [6.45, 7) is 1.89. The number of hydrogen-bond donors (Lipinski definition) is 2. The Morgan fingerprint density at radius 2 is 1.39 bits per heavy atom. The second-order valence-electron chi connectivity index (χ2n) is 8.00. The molecule has 0 saturated carbocycles. The quantitative estimate of drug-likeness (QED) is 0.354. The van der Waals surface area contributed by atoms with Gasteiger partial charge >= 0.3 is 5.97 Å². The molecule has 1 unspecified atom stereocenters. The summed E-state index contributed by atoms with van der Waals surface area (Å²) >= 11 is 0. The van der Waals surface area contributed by atoms with Gasteiger partial charge in [-0.1, -0.05) is 91.0 Å². The smallest absolute Gasteiger partial charge is 0.335 e. The van der Waals surface area contributed by atoms with Crippen LogP contribution in [0.15, 0.2) is 103 Å². The van der Waals surface area contributed by atoms with E-state index < -0.39 is 5.97 Å². The Balaban J connectivity index is 1.55. The monoisotopic (exact) mass is 435 g/mol. The third-order valence-electron chi connectivity index (χ3n) is 5.79. The lowest BCUT2D eigenvalue weighted by atomic mass is 9.95. The van der Waals surface area contributed by atoms with Crippen molar-refractivity contribution in [3.8, 4) is 11.1 Å². The van der Waals surface area contributed by atoms with E-state index in [4.69, 9.17) is 0 Å². The lowest BCUT2D eigenvalue weighted by molar-refractivity contribution is -0.117. The average Bonchev–Trinajstić information content (AvgIpc) is 2.85. The topological polar surface area (TPSA) is 66.4 Å². The second-order valence-corrected chi connectivity index (χ2v) is 8.00. The predicted molar refractivity (Wildman–Crippen MR) is 132 cm³/mol. The largest absolute Gasteiger partial charge is 0.478 e. The Morgan fingerprint density at radius 3 is 2.15 bits per heavy atom. The minimum atomic E-state index is -0.959. The van der Waals surface area contributed by atoms with E-state index in [1.807, 2.05) is 73.7 Å². The van der Waals surface area contributed by atoms with Crippen LogP contribution in [0.3, 0.4) is 0 Å². The molecule has 33 heavy (non-hydrogen) atoms. The zero-order chi connectivity index (χ0) is 23.2. The van der Waals surface area contributed by atoms with E-state index in [9.17, 15) is 14.7 Å². The number of carboxylic acid groups (broad SMARTS) is 1. The fraction of sp³-hybridized carbons (Fsp3) is 0.103. The molecule has 0 aromatic heterocycles. The Morgan fingerprint density at radius 1 is 0.758 bits per heavy atom. The van der Waals surface area contributed by atoms with E-state index in [1.54, 1.807) is 18.2 Å². The van der Waals surface area contributed by atoms with Crippen molar-refractivity contribution < 1.29 is 14.7 Å². The van der Waals surface area contributed by atoms with E-state index >= 15 is 0 Å². The fourth-order valence-electron chi connectivity index (χ4n) is 3.90. The van der Waals surface area contributed by atoms with Crippen molar-refractivity contribution in [3.05, 3.63) is 125 Å². The van der Waals surface area contributed by atoms with Crippen molar-refractivity contribution in [2.75, 3.05) is 5.32 Å². The lowest BCUT2D eigenvalue weighted by Crippen LogP contribution is -2.20. The van der Waals surface area contributed by atoms with E-state index in [0.717, 1.165) is 22.3 Å². The van der Waals surface area contributed by atoms with Crippen LogP contribution in [0.25, 0.3) is 11.1 Å². The molecule has 0 spiro atoms. The Labute approximate surface area is 193 Å². The van der Waals surface area contributed by atoms with Crippen LogP contribution in [-0.4, -0.2) is 17.0 Å². The van der Waals surface area contributed by atoms with Crippen molar-refractivity contribution in [2.24, 2.45) is 0 Å². The molecule has 164 valence electrons. The molecule has 0 aliphatic heterocycles. The predicted octanol–water partition coefficient (Wildman–Crippen LogP) is 6.38. The number of benzene rings is 4. The van der Waals surface area contributed by atoms with Crippen LogP contribution in [0.1, 0.15) is 39.9 Å². The van der Waals surface area contributed by atoms with E-state index in [1.165, 1.54) is 0 Å². The minimum Gasteiger partial charge on any atom is -0.478 e. The zero-order valence-electron chi connectivity index (χ0n) is 18.4. The molecule has 2 N–H and O–H groups in total. The first-order valence-corrected chi connectivity index (χ1v) is 10.9. The molecule has 4 rings (SSSR count). The van der Waals surface area contributed by atoms with Crippen LogP contribution >= 0.6 is 0 Å². The minimum absolute atomic E-state index is 0.112. The summed E-state index contributed by atoms with van der Waals surface area (Å²) in [6, 6.07) is 32.6. The van der Waals surface area contributed by atoms with Crippen LogP contribution < -0.4 is 5.32 Å². The molecular weight excluding hydrogens is 410 g/mol. The van der Waals surface area contributed by atoms with Crippen molar-refractivity contribution in [1.29, 1.82) is 0 Å². The lowest BCUT2D eigenvalue weighted by Gasteiger charge is -2.17. The summed E-state index contributed by atoms with van der Waals surface area (Å²) in [7, 11) is 0.